The molecule has 0 fully saturated rings. The molecular weight excluding hydrogens is 244 g/mol. The summed E-state index contributed by atoms with van der Waals surface area (Å²) in [6.07, 6.45) is 0. The lowest BCUT2D eigenvalue weighted by atomic mass is 10.1. The smallest absolute Gasteiger partial charge is 0.0426 e. The van der Waals surface area contributed by atoms with Gasteiger partial charge in [-0.1, -0.05) is 23.7 Å². The molecule has 18 heavy (non-hydrogen) atoms. The van der Waals surface area contributed by atoms with Gasteiger partial charge in [0.15, 0.2) is 0 Å². The quantitative estimate of drug-likeness (QED) is 0.849. The Bertz CT molecular complexity index is 535. The fraction of sp³-hybridized carbons (Fsp3) is 0.200. The summed E-state index contributed by atoms with van der Waals surface area (Å²) in [7, 11) is 2.07. The molecule has 0 amide bonds. The van der Waals surface area contributed by atoms with Crippen molar-refractivity contribution >= 4 is 23.0 Å². The van der Waals surface area contributed by atoms with E-state index in [4.69, 9.17) is 17.3 Å². The predicted molar refractivity (Wildman–Crippen MR) is 79.2 cm³/mol. The molecule has 0 radical (unpaired) electrons. The maximum Gasteiger partial charge on any atom is 0.0426 e. The third kappa shape index (κ3) is 2.96. The van der Waals surface area contributed by atoms with Crippen LogP contribution in [0.2, 0.25) is 5.02 Å². The van der Waals surface area contributed by atoms with Gasteiger partial charge < -0.3 is 10.6 Å². The van der Waals surface area contributed by atoms with E-state index in [1.807, 2.05) is 43.3 Å². The van der Waals surface area contributed by atoms with Crippen LogP contribution in [0.1, 0.15) is 11.1 Å². The molecular formula is C15H17ClN2. The molecule has 0 saturated heterocycles. The van der Waals surface area contributed by atoms with E-state index in [0.29, 0.717) is 0 Å². The van der Waals surface area contributed by atoms with Gasteiger partial charge in [0, 0.05) is 30.0 Å². The SMILES string of the molecule is Cc1cc(N(C)Cc2ccc(Cl)cc2)ccc1N. The molecule has 2 aromatic carbocycles. The lowest BCUT2D eigenvalue weighted by molar-refractivity contribution is 0.922. The number of rotatable bonds is 3. The predicted octanol–water partition coefficient (Wildman–Crippen LogP) is 3.87. The zero-order chi connectivity index (χ0) is 13.1. The van der Waals surface area contributed by atoms with Crippen LogP contribution in [0.3, 0.4) is 0 Å². The number of nitrogens with two attached hydrogens (primary N) is 1. The van der Waals surface area contributed by atoms with Crippen molar-refractivity contribution in [3.05, 3.63) is 58.6 Å². The summed E-state index contributed by atoms with van der Waals surface area (Å²) in [5, 5.41) is 0.768. The van der Waals surface area contributed by atoms with Gasteiger partial charge in [-0.05, 0) is 48.4 Å². The standard InChI is InChI=1S/C15H17ClN2/c1-11-9-14(7-8-15(11)17)18(2)10-12-3-5-13(16)6-4-12/h3-9H,10,17H2,1-2H3. The zero-order valence-corrected chi connectivity index (χ0v) is 11.4. The molecule has 0 aliphatic heterocycles. The van der Waals surface area contributed by atoms with Crippen LogP contribution in [-0.4, -0.2) is 7.05 Å². The lowest BCUT2D eigenvalue weighted by Gasteiger charge is -2.20. The van der Waals surface area contributed by atoms with E-state index in [9.17, 15) is 0 Å². The van der Waals surface area contributed by atoms with Crippen molar-refractivity contribution in [1.29, 1.82) is 0 Å². The highest BCUT2D eigenvalue weighted by atomic mass is 35.5. The van der Waals surface area contributed by atoms with Gasteiger partial charge in [-0.15, -0.1) is 0 Å². The van der Waals surface area contributed by atoms with Crippen LogP contribution in [0.5, 0.6) is 0 Å². The number of anilines is 2. The van der Waals surface area contributed by atoms with Crippen LogP contribution in [0.25, 0.3) is 0 Å². The van der Waals surface area contributed by atoms with Gasteiger partial charge in [-0.25, -0.2) is 0 Å². The Morgan fingerprint density at radius 1 is 1.11 bits per heavy atom. The van der Waals surface area contributed by atoms with Crippen molar-refractivity contribution in [1.82, 2.24) is 0 Å². The minimum Gasteiger partial charge on any atom is -0.399 e. The van der Waals surface area contributed by atoms with E-state index in [0.717, 1.165) is 28.5 Å². The van der Waals surface area contributed by atoms with Crippen molar-refractivity contribution in [3.8, 4) is 0 Å². The van der Waals surface area contributed by atoms with Gasteiger partial charge in [-0.3, -0.25) is 0 Å². The highest BCUT2D eigenvalue weighted by molar-refractivity contribution is 6.30. The van der Waals surface area contributed by atoms with E-state index in [1.165, 1.54) is 5.56 Å². The van der Waals surface area contributed by atoms with Crippen LogP contribution < -0.4 is 10.6 Å². The fourth-order valence-electron chi connectivity index (χ4n) is 1.85. The van der Waals surface area contributed by atoms with Crippen LogP contribution in [-0.2, 0) is 6.54 Å². The summed E-state index contributed by atoms with van der Waals surface area (Å²) in [4.78, 5) is 2.19. The molecule has 0 bridgehead atoms. The number of benzene rings is 2. The Hall–Kier alpha value is -1.67. The molecule has 2 aromatic rings. The average Bonchev–Trinajstić information content (AvgIpc) is 2.35. The number of hydrogen-bond acceptors (Lipinski definition) is 2. The first-order chi connectivity index (χ1) is 8.56. The normalized spacial score (nSPS) is 10.4. The number of hydrogen-bond donors (Lipinski definition) is 1. The van der Waals surface area contributed by atoms with Gasteiger partial charge in [-0.2, -0.15) is 0 Å². The van der Waals surface area contributed by atoms with E-state index >= 15 is 0 Å². The molecule has 2 N–H and O–H groups in total. The maximum atomic E-state index is 5.88. The average molecular weight is 261 g/mol. The van der Waals surface area contributed by atoms with Crippen LogP contribution in [0.15, 0.2) is 42.5 Å². The molecule has 0 unspecified atom stereocenters. The number of aryl methyl sites for hydroxylation is 1. The highest BCUT2D eigenvalue weighted by Crippen LogP contribution is 2.21. The van der Waals surface area contributed by atoms with Crippen molar-refractivity contribution < 1.29 is 0 Å². The van der Waals surface area contributed by atoms with Gasteiger partial charge in [0.25, 0.3) is 0 Å². The van der Waals surface area contributed by atoms with Gasteiger partial charge >= 0.3 is 0 Å². The first-order valence-corrected chi connectivity index (χ1v) is 6.26. The molecule has 2 nitrogen and oxygen atoms in total. The summed E-state index contributed by atoms with van der Waals surface area (Å²) in [6, 6.07) is 14.0. The molecule has 0 aliphatic carbocycles. The molecule has 0 atom stereocenters. The van der Waals surface area contributed by atoms with Crippen molar-refractivity contribution in [2.75, 3.05) is 17.7 Å². The number of nitrogen functional groups attached to an aromatic ring is 1. The van der Waals surface area contributed by atoms with Gasteiger partial charge in [0.1, 0.15) is 0 Å². The summed E-state index contributed by atoms with van der Waals surface area (Å²) in [5.74, 6) is 0. The van der Waals surface area contributed by atoms with Crippen molar-refractivity contribution in [3.63, 3.8) is 0 Å². The van der Waals surface area contributed by atoms with E-state index in [1.54, 1.807) is 0 Å². The first kappa shape index (κ1) is 12.8. The molecule has 0 aliphatic rings. The summed E-state index contributed by atoms with van der Waals surface area (Å²) >= 11 is 5.88. The molecule has 0 heterocycles. The topological polar surface area (TPSA) is 29.3 Å². The second-order valence-electron chi connectivity index (χ2n) is 4.52. The minimum absolute atomic E-state index is 0.768. The van der Waals surface area contributed by atoms with E-state index < -0.39 is 0 Å². The first-order valence-electron chi connectivity index (χ1n) is 5.88. The Labute approximate surface area is 113 Å². The van der Waals surface area contributed by atoms with E-state index in [-0.39, 0.29) is 0 Å². The highest BCUT2D eigenvalue weighted by Gasteiger charge is 2.03. The van der Waals surface area contributed by atoms with Crippen molar-refractivity contribution in [2.24, 2.45) is 0 Å². The third-order valence-electron chi connectivity index (χ3n) is 3.03. The van der Waals surface area contributed by atoms with Crippen LogP contribution >= 0.6 is 11.6 Å². The Kier molecular flexibility index (Phi) is 3.78. The number of nitrogens with zero attached hydrogens (tertiary/aromatic N) is 1. The van der Waals surface area contributed by atoms with Crippen LogP contribution in [0.4, 0.5) is 11.4 Å². The monoisotopic (exact) mass is 260 g/mol. The summed E-state index contributed by atoms with van der Waals surface area (Å²) < 4.78 is 0. The van der Waals surface area contributed by atoms with E-state index in [2.05, 4.69) is 18.0 Å². The number of halogens is 1. The second-order valence-corrected chi connectivity index (χ2v) is 4.96. The third-order valence-corrected chi connectivity index (χ3v) is 3.28. The second kappa shape index (κ2) is 5.32. The Morgan fingerprint density at radius 2 is 1.78 bits per heavy atom. The molecule has 0 saturated carbocycles. The Morgan fingerprint density at radius 3 is 2.39 bits per heavy atom. The van der Waals surface area contributed by atoms with Crippen molar-refractivity contribution in [2.45, 2.75) is 13.5 Å². The molecule has 0 spiro atoms. The molecule has 0 aromatic heterocycles. The van der Waals surface area contributed by atoms with Gasteiger partial charge in [0.2, 0.25) is 0 Å². The minimum atomic E-state index is 0.768. The van der Waals surface area contributed by atoms with Gasteiger partial charge in [0.05, 0.1) is 0 Å². The summed E-state index contributed by atoms with van der Waals surface area (Å²) in [6.45, 7) is 2.87. The van der Waals surface area contributed by atoms with Crippen LogP contribution in [0, 0.1) is 6.92 Å². The molecule has 3 heteroatoms. The Balaban J connectivity index is 2.13. The zero-order valence-electron chi connectivity index (χ0n) is 10.7. The molecule has 94 valence electrons. The lowest BCUT2D eigenvalue weighted by Crippen LogP contribution is -2.16. The maximum absolute atomic E-state index is 5.88. The fourth-order valence-corrected chi connectivity index (χ4v) is 1.98. The largest absolute Gasteiger partial charge is 0.399 e. The molecule has 2 rings (SSSR count). The summed E-state index contributed by atoms with van der Waals surface area (Å²) in [5.41, 5.74) is 10.2.